The molecule has 116 valence electrons. The van der Waals surface area contributed by atoms with Crippen LogP contribution >= 0.6 is 22.7 Å². The second-order valence-corrected chi connectivity index (χ2v) is 7.58. The molecule has 0 radical (unpaired) electrons. The maximum Gasteiger partial charge on any atom is 0.273 e. The average molecular weight is 334 g/mol. The molecule has 1 amide bonds. The third-order valence-electron chi connectivity index (χ3n) is 4.45. The van der Waals surface area contributed by atoms with Gasteiger partial charge >= 0.3 is 0 Å². The lowest BCUT2D eigenvalue weighted by Gasteiger charge is -2.43. The molecule has 2 aliphatic rings. The molecule has 2 aromatic heterocycles. The van der Waals surface area contributed by atoms with Gasteiger partial charge in [0.05, 0.1) is 23.6 Å². The van der Waals surface area contributed by atoms with Crippen molar-refractivity contribution in [2.24, 2.45) is 0 Å². The zero-order valence-corrected chi connectivity index (χ0v) is 13.9. The van der Waals surface area contributed by atoms with Gasteiger partial charge in [-0.2, -0.15) is 0 Å². The second kappa shape index (κ2) is 6.10. The Morgan fingerprint density at radius 2 is 2.23 bits per heavy atom. The van der Waals surface area contributed by atoms with E-state index in [1.807, 2.05) is 27.8 Å². The molecule has 0 spiro atoms. The molecule has 4 nitrogen and oxygen atoms in total. The van der Waals surface area contributed by atoms with Crippen molar-refractivity contribution in [2.45, 2.75) is 37.8 Å². The first kappa shape index (κ1) is 14.4. The number of ether oxygens (including phenoxy) is 1. The Morgan fingerprint density at radius 1 is 1.32 bits per heavy atom. The molecule has 1 saturated carbocycles. The molecule has 2 atom stereocenters. The number of hydrogen-bond donors (Lipinski definition) is 0. The molecule has 3 heterocycles. The van der Waals surface area contributed by atoms with Crippen LogP contribution in [0.5, 0.6) is 0 Å². The zero-order chi connectivity index (χ0) is 14.9. The number of morpholine rings is 1. The van der Waals surface area contributed by atoms with Crippen LogP contribution in [-0.4, -0.2) is 41.1 Å². The maximum absolute atomic E-state index is 12.9. The van der Waals surface area contributed by atoms with Gasteiger partial charge in [0.1, 0.15) is 10.7 Å². The molecular weight excluding hydrogens is 316 g/mol. The third kappa shape index (κ3) is 2.59. The van der Waals surface area contributed by atoms with Crippen molar-refractivity contribution in [3.8, 4) is 9.88 Å². The summed E-state index contributed by atoms with van der Waals surface area (Å²) in [4.78, 5) is 20.5. The highest BCUT2D eigenvalue weighted by Crippen LogP contribution is 2.31. The number of carbonyl (C=O) groups is 1. The van der Waals surface area contributed by atoms with E-state index in [0.717, 1.165) is 22.7 Å². The van der Waals surface area contributed by atoms with E-state index in [-0.39, 0.29) is 18.1 Å². The standard InChI is InChI=1S/C16H18N2O2S2/c19-16(11-10-22-15(17-11)14-6-3-9-21-14)18-7-8-20-13-5-2-1-4-12(13)18/h3,6,9-10,12-13H,1-2,4-5,7-8H2/t12-,13-/m1/s1. The Balaban J connectivity index is 1.56. The van der Waals surface area contributed by atoms with Crippen LogP contribution in [0.15, 0.2) is 22.9 Å². The highest BCUT2D eigenvalue weighted by molar-refractivity contribution is 7.20. The lowest BCUT2D eigenvalue weighted by molar-refractivity contribution is -0.0754. The van der Waals surface area contributed by atoms with Gasteiger partial charge in [-0.1, -0.05) is 18.9 Å². The maximum atomic E-state index is 12.9. The van der Waals surface area contributed by atoms with Gasteiger partial charge in [-0.25, -0.2) is 4.98 Å². The molecule has 0 unspecified atom stereocenters. The molecule has 1 aliphatic heterocycles. The number of amides is 1. The van der Waals surface area contributed by atoms with Crippen molar-refractivity contribution in [1.82, 2.24) is 9.88 Å². The molecule has 2 fully saturated rings. The highest BCUT2D eigenvalue weighted by atomic mass is 32.1. The largest absolute Gasteiger partial charge is 0.374 e. The predicted molar refractivity (Wildman–Crippen MR) is 88.5 cm³/mol. The van der Waals surface area contributed by atoms with Crippen LogP contribution in [0.25, 0.3) is 9.88 Å². The van der Waals surface area contributed by atoms with Crippen LogP contribution in [0.3, 0.4) is 0 Å². The van der Waals surface area contributed by atoms with E-state index in [4.69, 9.17) is 4.74 Å². The van der Waals surface area contributed by atoms with Gasteiger partial charge < -0.3 is 9.64 Å². The van der Waals surface area contributed by atoms with E-state index in [1.165, 1.54) is 12.8 Å². The molecule has 4 rings (SSSR count). The summed E-state index contributed by atoms with van der Waals surface area (Å²) in [6.45, 7) is 1.33. The Kier molecular flexibility index (Phi) is 3.98. The quantitative estimate of drug-likeness (QED) is 0.842. The Hall–Kier alpha value is -1.24. The predicted octanol–water partition coefficient (Wildman–Crippen LogP) is 3.66. The fourth-order valence-electron chi connectivity index (χ4n) is 3.38. The van der Waals surface area contributed by atoms with E-state index < -0.39 is 0 Å². The first-order valence-corrected chi connectivity index (χ1v) is 9.51. The van der Waals surface area contributed by atoms with Gasteiger partial charge in [0.25, 0.3) is 5.91 Å². The molecule has 6 heteroatoms. The normalized spacial score (nSPS) is 25.0. The number of thiazole rings is 1. The molecule has 1 saturated heterocycles. The number of thiophene rings is 1. The second-order valence-electron chi connectivity index (χ2n) is 5.77. The summed E-state index contributed by atoms with van der Waals surface area (Å²) >= 11 is 3.21. The van der Waals surface area contributed by atoms with Gasteiger partial charge in [0.2, 0.25) is 0 Å². The Labute approximate surface area is 137 Å². The van der Waals surface area contributed by atoms with E-state index in [9.17, 15) is 4.79 Å². The zero-order valence-electron chi connectivity index (χ0n) is 12.2. The first-order chi connectivity index (χ1) is 10.8. The number of hydrogen-bond acceptors (Lipinski definition) is 5. The summed E-state index contributed by atoms with van der Waals surface area (Å²) in [6.07, 6.45) is 4.75. The summed E-state index contributed by atoms with van der Waals surface area (Å²) in [6, 6.07) is 4.29. The van der Waals surface area contributed by atoms with Crippen molar-refractivity contribution >= 4 is 28.6 Å². The van der Waals surface area contributed by atoms with Crippen LogP contribution in [0.4, 0.5) is 0 Å². The summed E-state index contributed by atoms with van der Waals surface area (Å²) in [5.74, 6) is 0.0688. The van der Waals surface area contributed by atoms with E-state index in [0.29, 0.717) is 18.8 Å². The number of rotatable bonds is 2. The average Bonchev–Trinajstić information content (AvgIpc) is 3.24. The monoisotopic (exact) mass is 334 g/mol. The smallest absolute Gasteiger partial charge is 0.273 e. The minimum absolute atomic E-state index is 0.0688. The van der Waals surface area contributed by atoms with Gasteiger partial charge in [0.15, 0.2) is 0 Å². The fourth-order valence-corrected chi connectivity index (χ4v) is 4.99. The van der Waals surface area contributed by atoms with Gasteiger partial charge in [0, 0.05) is 11.9 Å². The molecule has 1 aliphatic carbocycles. The van der Waals surface area contributed by atoms with Crippen LogP contribution in [0, 0.1) is 0 Å². The molecule has 22 heavy (non-hydrogen) atoms. The minimum atomic E-state index is 0.0688. The number of nitrogens with zero attached hydrogens (tertiary/aromatic N) is 2. The minimum Gasteiger partial charge on any atom is -0.374 e. The van der Waals surface area contributed by atoms with Crippen LogP contribution in [0.1, 0.15) is 36.2 Å². The number of fused-ring (bicyclic) bond motifs is 1. The van der Waals surface area contributed by atoms with Crippen molar-refractivity contribution < 1.29 is 9.53 Å². The molecule has 0 aromatic carbocycles. The van der Waals surface area contributed by atoms with Gasteiger partial charge in [-0.05, 0) is 24.3 Å². The van der Waals surface area contributed by atoms with Crippen molar-refractivity contribution in [3.63, 3.8) is 0 Å². The van der Waals surface area contributed by atoms with Crippen molar-refractivity contribution in [2.75, 3.05) is 13.2 Å². The lowest BCUT2D eigenvalue weighted by Crippen LogP contribution is -2.54. The lowest BCUT2D eigenvalue weighted by atomic mass is 9.90. The Bertz CT molecular complexity index is 651. The van der Waals surface area contributed by atoms with Crippen LogP contribution in [0.2, 0.25) is 0 Å². The van der Waals surface area contributed by atoms with Gasteiger partial charge in [-0.3, -0.25) is 4.79 Å². The molecule has 0 bridgehead atoms. The van der Waals surface area contributed by atoms with E-state index in [2.05, 4.69) is 4.98 Å². The molecule has 2 aromatic rings. The fraction of sp³-hybridized carbons (Fsp3) is 0.500. The topological polar surface area (TPSA) is 42.4 Å². The highest BCUT2D eigenvalue weighted by Gasteiger charge is 2.37. The number of aromatic nitrogens is 1. The van der Waals surface area contributed by atoms with Crippen molar-refractivity contribution in [3.05, 3.63) is 28.6 Å². The third-order valence-corrected chi connectivity index (χ3v) is 6.33. The summed E-state index contributed by atoms with van der Waals surface area (Å²) in [5, 5.41) is 4.86. The number of carbonyl (C=O) groups excluding carboxylic acids is 1. The SMILES string of the molecule is O=C(c1csc(-c2cccs2)n1)N1CCO[C@@H]2CCCC[C@H]21. The first-order valence-electron chi connectivity index (χ1n) is 7.75. The van der Waals surface area contributed by atoms with Gasteiger partial charge in [-0.15, -0.1) is 22.7 Å². The molecular formula is C16H18N2O2S2. The van der Waals surface area contributed by atoms with Crippen LogP contribution in [-0.2, 0) is 4.74 Å². The molecule has 0 N–H and O–H groups in total. The summed E-state index contributed by atoms with van der Waals surface area (Å²) < 4.78 is 5.85. The van der Waals surface area contributed by atoms with E-state index in [1.54, 1.807) is 22.7 Å². The Morgan fingerprint density at radius 3 is 3.09 bits per heavy atom. The van der Waals surface area contributed by atoms with E-state index >= 15 is 0 Å². The summed E-state index contributed by atoms with van der Waals surface area (Å²) in [5.41, 5.74) is 0.583. The van der Waals surface area contributed by atoms with Crippen LogP contribution < -0.4 is 0 Å². The van der Waals surface area contributed by atoms with Crippen molar-refractivity contribution in [1.29, 1.82) is 0 Å². The summed E-state index contributed by atoms with van der Waals surface area (Å²) in [7, 11) is 0.